The van der Waals surface area contributed by atoms with Crippen LogP contribution in [0.5, 0.6) is 0 Å². The van der Waals surface area contributed by atoms with Crippen molar-refractivity contribution in [3.8, 4) is 0 Å². The molecule has 1 aromatic heterocycles. The Morgan fingerprint density at radius 1 is 1.45 bits per heavy atom. The fourth-order valence-corrected chi connectivity index (χ4v) is 4.32. The molecule has 0 radical (unpaired) electrons. The molecule has 0 aromatic carbocycles. The monoisotopic (exact) mass is 361 g/mol. The Kier molecular flexibility index (Phi) is 5.04. The molecule has 3 N–H and O–H groups in total. The number of nitrogens with two attached hydrogens (primary N) is 1. The predicted molar refractivity (Wildman–Crippen MR) is 82.7 cm³/mol. The van der Waals surface area contributed by atoms with E-state index in [1.54, 1.807) is 0 Å². The van der Waals surface area contributed by atoms with Crippen molar-refractivity contribution in [1.29, 1.82) is 0 Å². The van der Waals surface area contributed by atoms with Crippen LogP contribution < -0.4 is 10.5 Å². The second-order valence-corrected chi connectivity index (χ2v) is 8.06. The molecule has 0 aliphatic heterocycles. The van der Waals surface area contributed by atoms with Gasteiger partial charge in [-0.1, -0.05) is 26.2 Å². The normalized spacial score (nSPS) is 23.7. The summed E-state index contributed by atoms with van der Waals surface area (Å²) >= 11 is 3.22. The summed E-state index contributed by atoms with van der Waals surface area (Å²) in [6.07, 6.45) is 6.16. The van der Waals surface area contributed by atoms with Gasteiger partial charge in [-0.05, 0) is 40.3 Å². The molecule has 20 heavy (non-hydrogen) atoms. The summed E-state index contributed by atoms with van der Waals surface area (Å²) in [4.78, 5) is 3.90. The van der Waals surface area contributed by atoms with Crippen molar-refractivity contribution in [1.82, 2.24) is 9.71 Å². The first-order chi connectivity index (χ1) is 9.40. The van der Waals surface area contributed by atoms with Crippen LogP contribution in [0, 0.1) is 11.8 Å². The summed E-state index contributed by atoms with van der Waals surface area (Å²) in [6.45, 7) is 2.66. The van der Waals surface area contributed by atoms with Crippen molar-refractivity contribution >= 4 is 31.8 Å². The number of nitrogens with zero attached hydrogens (tertiary/aromatic N) is 1. The maximum atomic E-state index is 12.3. The Morgan fingerprint density at radius 3 is 2.85 bits per heavy atom. The number of halogens is 1. The summed E-state index contributed by atoms with van der Waals surface area (Å²) in [5, 5.41) is 0. The Labute approximate surface area is 128 Å². The Morgan fingerprint density at radius 2 is 2.15 bits per heavy atom. The Bertz CT molecular complexity index is 577. The van der Waals surface area contributed by atoms with Crippen LogP contribution in [0.2, 0.25) is 0 Å². The lowest BCUT2D eigenvalue weighted by atomic mass is 9.81. The SMILES string of the molecule is CC1CCCCC1CNS(=O)(=O)c1cc(Br)cnc1N. The van der Waals surface area contributed by atoms with Crippen LogP contribution in [0.15, 0.2) is 21.6 Å². The Balaban J connectivity index is 2.09. The molecule has 2 rings (SSSR count). The highest BCUT2D eigenvalue weighted by molar-refractivity contribution is 9.10. The largest absolute Gasteiger partial charge is 0.383 e. The van der Waals surface area contributed by atoms with E-state index in [2.05, 4.69) is 32.6 Å². The van der Waals surface area contributed by atoms with Gasteiger partial charge in [0.15, 0.2) is 0 Å². The lowest BCUT2D eigenvalue weighted by Gasteiger charge is -2.28. The lowest BCUT2D eigenvalue weighted by Crippen LogP contribution is -2.33. The van der Waals surface area contributed by atoms with Crippen LogP contribution >= 0.6 is 15.9 Å². The van der Waals surface area contributed by atoms with Crippen LogP contribution in [0.3, 0.4) is 0 Å². The standard InChI is InChI=1S/C13H20BrN3O2S/c1-9-4-2-3-5-10(9)7-17-20(18,19)12-6-11(14)8-16-13(12)15/h6,8-10,17H,2-5,7H2,1H3,(H2,15,16). The van der Waals surface area contributed by atoms with Crippen LogP contribution in [-0.4, -0.2) is 19.9 Å². The van der Waals surface area contributed by atoms with Crippen molar-refractivity contribution in [2.75, 3.05) is 12.3 Å². The maximum absolute atomic E-state index is 12.3. The summed E-state index contributed by atoms with van der Waals surface area (Å²) in [6, 6.07) is 1.48. The molecule has 0 amide bonds. The van der Waals surface area contributed by atoms with Crippen molar-refractivity contribution < 1.29 is 8.42 Å². The quantitative estimate of drug-likeness (QED) is 0.862. The van der Waals surface area contributed by atoms with Crippen molar-refractivity contribution in [3.63, 3.8) is 0 Å². The maximum Gasteiger partial charge on any atom is 0.244 e. The molecule has 1 saturated carbocycles. The lowest BCUT2D eigenvalue weighted by molar-refractivity contribution is 0.257. The third kappa shape index (κ3) is 3.71. The number of nitrogens with one attached hydrogen (secondary N) is 1. The molecule has 5 nitrogen and oxygen atoms in total. The summed E-state index contributed by atoms with van der Waals surface area (Å²) in [7, 11) is -3.60. The number of rotatable bonds is 4. The first-order valence-corrected chi connectivity index (χ1v) is 9.08. The van der Waals surface area contributed by atoms with Crippen LogP contribution in [0.25, 0.3) is 0 Å². The van der Waals surface area contributed by atoms with E-state index < -0.39 is 10.0 Å². The zero-order chi connectivity index (χ0) is 14.8. The van der Waals surface area contributed by atoms with Gasteiger partial charge in [-0.25, -0.2) is 18.1 Å². The highest BCUT2D eigenvalue weighted by Gasteiger charge is 2.25. The molecule has 1 aliphatic carbocycles. The highest BCUT2D eigenvalue weighted by atomic mass is 79.9. The van der Waals surface area contributed by atoms with Crippen LogP contribution in [0.1, 0.15) is 32.6 Å². The van der Waals surface area contributed by atoms with Crippen LogP contribution in [-0.2, 0) is 10.0 Å². The van der Waals surface area contributed by atoms with Crippen molar-refractivity contribution in [3.05, 3.63) is 16.7 Å². The molecule has 1 heterocycles. The summed E-state index contributed by atoms with van der Waals surface area (Å²) in [5.74, 6) is 0.988. The van der Waals surface area contributed by atoms with Gasteiger partial charge in [0.1, 0.15) is 10.7 Å². The molecule has 0 spiro atoms. The zero-order valence-electron chi connectivity index (χ0n) is 11.5. The van der Waals surface area contributed by atoms with E-state index in [-0.39, 0.29) is 10.7 Å². The molecule has 1 aliphatic rings. The molecule has 0 saturated heterocycles. The van der Waals surface area contributed by atoms with E-state index in [1.807, 2.05) is 0 Å². The van der Waals surface area contributed by atoms with E-state index in [0.717, 1.165) is 6.42 Å². The molecule has 0 bridgehead atoms. The Hall–Kier alpha value is -0.660. The number of aromatic nitrogens is 1. The predicted octanol–water partition coefficient (Wildman–Crippen LogP) is 2.53. The zero-order valence-corrected chi connectivity index (χ0v) is 13.9. The fourth-order valence-electron chi connectivity index (χ4n) is 2.64. The number of hydrogen-bond donors (Lipinski definition) is 2. The molecule has 2 unspecified atom stereocenters. The van der Waals surface area contributed by atoms with Gasteiger partial charge >= 0.3 is 0 Å². The third-order valence-corrected chi connectivity index (χ3v) is 5.85. The number of anilines is 1. The van der Waals surface area contributed by atoms with E-state index in [9.17, 15) is 8.42 Å². The minimum Gasteiger partial charge on any atom is -0.383 e. The average molecular weight is 362 g/mol. The number of sulfonamides is 1. The first kappa shape index (κ1) is 15.7. The molecule has 1 fully saturated rings. The average Bonchev–Trinajstić information content (AvgIpc) is 2.40. The van der Waals surface area contributed by atoms with E-state index in [1.165, 1.54) is 31.5 Å². The van der Waals surface area contributed by atoms with Crippen molar-refractivity contribution in [2.45, 2.75) is 37.5 Å². The molecule has 1 aromatic rings. The second kappa shape index (κ2) is 6.41. The molecule has 7 heteroatoms. The van der Waals surface area contributed by atoms with Gasteiger partial charge in [0.25, 0.3) is 0 Å². The van der Waals surface area contributed by atoms with Gasteiger partial charge in [-0.2, -0.15) is 0 Å². The van der Waals surface area contributed by atoms with Gasteiger partial charge < -0.3 is 5.73 Å². The van der Waals surface area contributed by atoms with E-state index in [4.69, 9.17) is 5.73 Å². The van der Waals surface area contributed by atoms with Gasteiger partial charge in [-0.15, -0.1) is 0 Å². The van der Waals surface area contributed by atoms with E-state index in [0.29, 0.717) is 22.9 Å². The molecular weight excluding hydrogens is 342 g/mol. The molecule has 112 valence electrons. The van der Waals surface area contributed by atoms with Gasteiger partial charge in [0.05, 0.1) is 0 Å². The van der Waals surface area contributed by atoms with Gasteiger partial charge in [0, 0.05) is 17.2 Å². The third-order valence-electron chi connectivity index (χ3n) is 3.96. The topological polar surface area (TPSA) is 85.1 Å². The molecule has 2 atom stereocenters. The highest BCUT2D eigenvalue weighted by Crippen LogP contribution is 2.29. The van der Waals surface area contributed by atoms with Gasteiger partial charge in [0.2, 0.25) is 10.0 Å². The summed E-state index contributed by atoms with van der Waals surface area (Å²) < 4.78 is 27.9. The van der Waals surface area contributed by atoms with Crippen LogP contribution in [0.4, 0.5) is 5.82 Å². The summed E-state index contributed by atoms with van der Waals surface area (Å²) in [5.41, 5.74) is 5.66. The molecular formula is C13H20BrN3O2S. The number of hydrogen-bond acceptors (Lipinski definition) is 4. The number of nitrogen functional groups attached to an aromatic ring is 1. The minimum atomic E-state index is -3.60. The smallest absolute Gasteiger partial charge is 0.244 e. The van der Waals surface area contributed by atoms with Gasteiger partial charge in [-0.3, -0.25) is 0 Å². The first-order valence-electron chi connectivity index (χ1n) is 6.81. The fraction of sp³-hybridized carbons (Fsp3) is 0.615. The second-order valence-electron chi connectivity index (χ2n) is 5.41. The van der Waals surface area contributed by atoms with Crippen molar-refractivity contribution in [2.24, 2.45) is 11.8 Å². The van der Waals surface area contributed by atoms with E-state index >= 15 is 0 Å². The number of pyridine rings is 1. The minimum absolute atomic E-state index is 0.0254.